The number of imide groups is 1. The summed E-state index contributed by atoms with van der Waals surface area (Å²) in [5.41, 5.74) is 3.03. The first-order valence-corrected chi connectivity index (χ1v) is 10.7. The van der Waals surface area contributed by atoms with Crippen LogP contribution in [0.3, 0.4) is 0 Å². The quantitative estimate of drug-likeness (QED) is 0.585. The highest BCUT2D eigenvalue weighted by atomic mass is 16.2. The summed E-state index contributed by atoms with van der Waals surface area (Å²) in [6, 6.07) is 16.3. The lowest BCUT2D eigenvalue weighted by atomic mass is 10.0. The van der Waals surface area contributed by atoms with Gasteiger partial charge in [0.15, 0.2) is 0 Å². The molecule has 0 saturated carbocycles. The maximum absolute atomic E-state index is 13.0. The van der Waals surface area contributed by atoms with Crippen molar-refractivity contribution in [3.63, 3.8) is 0 Å². The third-order valence-corrected chi connectivity index (χ3v) is 5.93. The predicted octanol–water partition coefficient (Wildman–Crippen LogP) is 2.75. The van der Waals surface area contributed by atoms with Gasteiger partial charge in [-0.2, -0.15) is 4.98 Å². The van der Waals surface area contributed by atoms with Crippen LogP contribution in [0.2, 0.25) is 0 Å². The number of piperidine rings is 1. The minimum absolute atomic E-state index is 0.213. The van der Waals surface area contributed by atoms with Gasteiger partial charge in [-0.15, -0.1) is 0 Å². The van der Waals surface area contributed by atoms with Crippen LogP contribution in [0.25, 0.3) is 0 Å². The first-order valence-electron chi connectivity index (χ1n) is 10.7. The first-order chi connectivity index (χ1) is 16.0. The number of amides is 3. The number of nitrogens with zero attached hydrogens (tertiary/aromatic N) is 4. The minimum Gasteiger partial charge on any atom is -0.340 e. The fourth-order valence-corrected chi connectivity index (χ4v) is 4.19. The molecule has 2 aliphatic heterocycles. The van der Waals surface area contributed by atoms with E-state index in [1.807, 2.05) is 48.3 Å². The zero-order valence-corrected chi connectivity index (χ0v) is 18.0. The van der Waals surface area contributed by atoms with E-state index in [0.29, 0.717) is 23.8 Å². The summed E-state index contributed by atoms with van der Waals surface area (Å²) < 4.78 is 0. The average Bonchev–Trinajstić information content (AvgIpc) is 3.17. The van der Waals surface area contributed by atoms with E-state index in [9.17, 15) is 14.4 Å². The average molecular weight is 442 g/mol. The Kier molecular flexibility index (Phi) is 5.21. The maximum Gasteiger partial charge on any atom is 0.255 e. The van der Waals surface area contributed by atoms with Crippen LogP contribution in [-0.4, -0.2) is 45.7 Å². The number of benzene rings is 2. The third-order valence-electron chi connectivity index (χ3n) is 5.93. The van der Waals surface area contributed by atoms with Crippen molar-refractivity contribution >= 4 is 40.9 Å². The summed E-state index contributed by atoms with van der Waals surface area (Å²) >= 11 is 0. The Morgan fingerprint density at radius 3 is 2.67 bits per heavy atom. The zero-order valence-electron chi connectivity index (χ0n) is 18.0. The number of aromatic nitrogens is 2. The van der Waals surface area contributed by atoms with E-state index in [0.717, 1.165) is 16.9 Å². The molecule has 3 aromatic rings. The van der Waals surface area contributed by atoms with Crippen molar-refractivity contribution in [1.29, 1.82) is 0 Å². The van der Waals surface area contributed by atoms with Crippen LogP contribution in [0, 0.1) is 0 Å². The van der Waals surface area contributed by atoms with E-state index in [4.69, 9.17) is 0 Å². The number of hydrogen-bond donors (Lipinski definition) is 2. The van der Waals surface area contributed by atoms with Crippen molar-refractivity contribution in [2.45, 2.75) is 25.4 Å². The standard InChI is InChI=1S/C24H22N6O3/c1-29(15-6-3-2-4-7-15)24-25-13-12-20(27-24)26-18-9-5-8-16-17(18)14-30(23(16)33)19-10-11-21(31)28-22(19)32/h2-9,12-13,19H,10-11,14H2,1H3,(H,25,26,27)(H,28,31,32). The van der Waals surface area contributed by atoms with Crippen LogP contribution < -0.4 is 15.5 Å². The second kappa shape index (κ2) is 8.34. The molecule has 1 saturated heterocycles. The molecular formula is C24H22N6O3. The largest absolute Gasteiger partial charge is 0.340 e. The van der Waals surface area contributed by atoms with Crippen molar-refractivity contribution < 1.29 is 14.4 Å². The lowest BCUT2D eigenvalue weighted by Crippen LogP contribution is -2.52. The van der Waals surface area contributed by atoms with Crippen molar-refractivity contribution in [2.24, 2.45) is 0 Å². The number of fused-ring (bicyclic) bond motifs is 1. The van der Waals surface area contributed by atoms with Gasteiger partial charge >= 0.3 is 0 Å². The van der Waals surface area contributed by atoms with Gasteiger partial charge in [-0.3, -0.25) is 19.7 Å². The molecule has 1 aromatic heterocycles. The lowest BCUT2D eigenvalue weighted by Gasteiger charge is -2.29. The zero-order chi connectivity index (χ0) is 22.9. The number of anilines is 4. The molecule has 1 atom stereocenters. The maximum atomic E-state index is 13.0. The molecule has 33 heavy (non-hydrogen) atoms. The smallest absolute Gasteiger partial charge is 0.255 e. The van der Waals surface area contributed by atoms with E-state index in [1.54, 1.807) is 24.4 Å². The highest BCUT2D eigenvalue weighted by molar-refractivity contribution is 6.06. The summed E-state index contributed by atoms with van der Waals surface area (Å²) in [6.45, 7) is 0.283. The Balaban J connectivity index is 1.39. The summed E-state index contributed by atoms with van der Waals surface area (Å²) in [7, 11) is 1.89. The molecule has 3 heterocycles. The van der Waals surface area contributed by atoms with E-state index in [2.05, 4.69) is 20.6 Å². The number of nitrogens with one attached hydrogen (secondary N) is 2. The second-order valence-electron chi connectivity index (χ2n) is 7.99. The number of rotatable bonds is 5. The van der Waals surface area contributed by atoms with Crippen molar-refractivity contribution in [3.05, 3.63) is 71.9 Å². The molecule has 5 rings (SSSR count). The topological polar surface area (TPSA) is 108 Å². The van der Waals surface area contributed by atoms with E-state index < -0.39 is 11.9 Å². The van der Waals surface area contributed by atoms with Gasteiger partial charge in [0.2, 0.25) is 17.8 Å². The Bertz CT molecular complexity index is 1250. The Morgan fingerprint density at radius 1 is 1.06 bits per heavy atom. The summed E-state index contributed by atoms with van der Waals surface area (Å²) in [5.74, 6) is 0.174. The van der Waals surface area contributed by atoms with Gasteiger partial charge in [-0.05, 0) is 36.8 Å². The van der Waals surface area contributed by atoms with Gasteiger partial charge in [0.05, 0.1) is 0 Å². The third kappa shape index (κ3) is 3.89. The number of hydrogen-bond acceptors (Lipinski definition) is 7. The summed E-state index contributed by atoms with van der Waals surface area (Å²) in [5, 5.41) is 5.63. The van der Waals surface area contributed by atoms with Crippen LogP contribution in [0.5, 0.6) is 0 Å². The Hall–Kier alpha value is -4.27. The highest BCUT2D eigenvalue weighted by Gasteiger charge is 2.39. The van der Waals surface area contributed by atoms with Crippen LogP contribution >= 0.6 is 0 Å². The number of carbonyl (C=O) groups excluding carboxylic acids is 3. The number of carbonyl (C=O) groups is 3. The molecule has 0 spiro atoms. The predicted molar refractivity (Wildman–Crippen MR) is 122 cm³/mol. The Morgan fingerprint density at radius 2 is 1.88 bits per heavy atom. The molecule has 3 amide bonds. The fourth-order valence-electron chi connectivity index (χ4n) is 4.19. The molecule has 0 aliphatic carbocycles. The number of para-hydroxylation sites is 1. The van der Waals surface area contributed by atoms with Crippen LogP contribution in [-0.2, 0) is 16.1 Å². The summed E-state index contributed by atoms with van der Waals surface area (Å²) in [6.07, 6.45) is 2.22. The lowest BCUT2D eigenvalue weighted by molar-refractivity contribution is -0.136. The van der Waals surface area contributed by atoms with Gasteiger partial charge in [0, 0.05) is 48.7 Å². The molecule has 0 radical (unpaired) electrons. The molecule has 0 bridgehead atoms. The molecule has 9 nitrogen and oxygen atoms in total. The second-order valence-corrected chi connectivity index (χ2v) is 7.99. The van der Waals surface area contributed by atoms with Crippen LogP contribution in [0.1, 0.15) is 28.8 Å². The van der Waals surface area contributed by atoms with E-state index >= 15 is 0 Å². The van der Waals surface area contributed by atoms with Gasteiger partial charge in [0.25, 0.3) is 5.91 Å². The molecule has 1 fully saturated rings. The van der Waals surface area contributed by atoms with E-state index in [1.165, 1.54) is 4.90 Å². The highest BCUT2D eigenvalue weighted by Crippen LogP contribution is 2.33. The van der Waals surface area contributed by atoms with Crippen molar-refractivity contribution in [3.8, 4) is 0 Å². The monoisotopic (exact) mass is 442 g/mol. The normalized spacial score (nSPS) is 17.5. The summed E-state index contributed by atoms with van der Waals surface area (Å²) in [4.78, 5) is 49.3. The molecule has 2 aliphatic rings. The van der Waals surface area contributed by atoms with Crippen molar-refractivity contribution in [2.75, 3.05) is 17.3 Å². The van der Waals surface area contributed by atoms with Crippen LogP contribution in [0.4, 0.5) is 23.1 Å². The fraction of sp³-hybridized carbons (Fsp3) is 0.208. The minimum atomic E-state index is -0.652. The van der Waals surface area contributed by atoms with Gasteiger partial charge in [-0.25, -0.2) is 4.98 Å². The molecule has 166 valence electrons. The first kappa shape index (κ1) is 20.6. The van der Waals surface area contributed by atoms with Gasteiger partial charge < -0.3 is 15.1 Å². The SMILES string of the molecule is CN(c1ccccc1)c1nccc(Nc2cccc3c2CN(C2CCC(=O)NC2=O)C3=O)n1. The van der Waals surface area contributed by atoms with Crippen LogP contribution in [0.15, 0.2) is 60.8 Å². The Labute approximate surface area is 190 Å². The van der Waals surface area contributed by atoms with Gasteiger partial charge in [-0.1, -0.05) is 24.3 Å². The van der Waals surface area contributed by atoms with E-state index in [-0.39, 0.29) is 24.8 Å². The molecule has 1 unspecified atom stereocenters. The van der Waals surface area contributed by atoms with Gasteiger partial charge in [0.1, 0.15) is 11.9 Å². The molecule has 2 N–H and O–H groups in total. The van der Waals surface area contributed by atoms with Crippen molar-refractivity contribution in [1.82, 2.24) is 20.2 Å². The molecule has 9 heteroatoms. The molecule has 2 aromatic carbocycles. The molecular weight excluding hydrogens is 420 g/mol.